The van der Waals surface area contributed by atoms with Crippen molar-refractivity contribution in [3.05, 3.63) is 78.1 Å². The molecule has 0 aliphatic carbocycles. The lowest BCUT2D eigenvalue weighted by atomic mass is 10.1. The van der Waals surface area contributed by atoms with Gasteiger partial charge >= 0.3 is 5.97 Å². The summed E-state index contributed by atoms with van der Waals surface area (Å²) in [4.78, 5) is 16.8. The highest BCUT2D eigenvalue weighted by molar-refractivity contribution is 7.21. The van der Waals surface area contributed by atoms with Crippen molar-refractivity contribution in [2.75, 3.05) is 6.61 Å². The van der Waals surface area contributed by atoms with Gasteiger partial charge in [-0.05, 0) is 73.2 Å². The van der Waals surface area contributed by atoms with Crippen LogP contribution in [0, 0.1) is 5.82 Å². The summed E-state index contributed by atoms with van der Waals surface area (Å²) < 4.78 is 25.3. The van der Waals surface area contributed by atoms with Crippen LogP contribution in [0.3, 0.4) is 0 Å². The molecule has 0 atom stereocenters. The highest BCUT2D eigenvalue weighted by Crippen LogP contribution is 2.30. The number of fused-ring (bicyclic) bond motifs is 1. The molecule has 0 N–H and O–H groups in total. The van der Waals surface area contributed by atoms with Crippen LogP contribution in [0.25, 0.3) is 10.2 Å². The van der Waals surface area contributed by atoms with Gasteiger partial charge in [-0.25, -0.2) is 14.2 Å². The molecule has 0 aliphatic heterocycles. The van der Waals surface area contributed by atoms with Gasteiger partial charge in [0.25, 0.3) is 0 Å². The number of ether oxygens (including phenoxy) is 2. The van der Waals surface area contributed by atoms with Gasteiger partial charge in [-0.1, -0.05) is 63.2 Å². The number of unbranched alkanes of at least 4 members (excludes halogenated alkanes) is 7. The van der Waals surface area contributed by atoms with Gasteiger partial charge in [0.2, 0.25) is 5.13 Å². The minimum absolute atomic E-state index is 0.312. The van der Waals surface area contributed by atoms with Crippen LogP contribution in [0.4, 0.5) is 15.2 Å². The Labute approximate surface area is 226 Å². The van der Waals surface area contributed by atoms with E-state index < -0.39 is 5.97 Å². The number of esters is 1. The van der Waals surface area contributed by atoms with Crippen LogP contribution in [-0.4, -0.2) is 17.6 Å². The Hall–Kier alpha value is -3.65. The lowest BCUT2D eigenvalue weighted by molar-refractivity contribution is 0.0734. The maximum Gasteiger partial charge on any atom is 0.343 e. The molecule has 8 heteroatoms. The second-order valence-electron chi connectivity index (χ2n) is 9.04. The van der Waals surface area contributed by atoms with Crippen LogP contribution in [0.1, 0.15) is 68.6 Å². The van der Waals surface area contributed by atoms with Gasteiger partial charge in [0, 0.05) is 0 Å². The average molecular weight is 534 g/mol. The van der Waals surface area contributed by atoms with Crippen molar-refractivity contribution in [2.45, 2.75) is 58.3 Å². The quantitative estimate of drug-likeness (QED) is 0.0700. The van der Waals surface area contributed by atoms with E-state index in [4.69, 9.17) is 9.47 Å². The number of nitrogens with zero attached hydrogens (tertiary/aromatic N) is 3. The van der Waals surface area contributed by atoms with Gasteiger partial charge in [0.05, 0.1) is 28.1 Å². The Morgan fingerprint density at radius 3 is 2.26 bits per heavy atom. The second-order valence-corrected chi connectivity index (χ2v) is 10.0. The fourth-order valence-corrected chi connectivity index (χ4v) is 4.70. The molecule has 3 aromatic carbocycles. The molecule has 0 unspecified atom stereocenters. The van der Waals surface area contributed by atoms with E-state index in [0.29, 0.717) is 39.0 Å². The van der Waals surface area contributed by atoms with Crippen molar-refractivity contribution in [3.8, 4) is 11.5 Å². The van der Waals surface area contributed by atoms with Crippen molar-refractivity contribution in [1.82, 2.24) is 4.98 Å². The fraction of sp³-hybridized carbons (Fsp3) is 0.333. The highest BCUT2D eigenvalue weighted by Gasteiger charge is 2.09. The van der Waals surface area contributed by atoms with E-state index >= 15 is 0 Å². The van der Waals surface area contributed by atoms with Crippen LogP contribution in [0.2, 0.25) is 0 Å². The van der Waals surface area contributed by atoms with Gasteiger partial charge in [0.1, 0.15) is 17.3 Å². The Kier molecular flexibility index (Phi) is 10.3. The summed E-state index contributed by atoms with van der Waals surface area (Å²) in [6, 6.07) is 18.1. The van der Waals surface area contributed by atoms with Crippen molar-refractivity contribution in [2.24, 2.45) is 10.2 Å². The number of thiazole rings is 1. The first-order valence-corrected chi connectivity index (χ1v) is 14.0. The first-order chi connectivity index (χ1) is 18.6. The maximum absolute atomic E-state index is 13.3. The third kappa shape index (κ3) is 8.45. The van der Waals surface area contributed by atoms with Crippen LogP contribution in [0.5, 0.6) is 11.5 Å². The molecule has 6 nitrogen and oxygen atoms in total. The minimum atomic E-state index is -0.448. The smallest absolute Gasteiger partial charge is 0.343 e. The molecule has 0 fully saturated rings. The van der Waals surface area contributed by atoms with Crippen LogP contribution in [-0.2, 0) is 0 Å². The summed E-state index contributed by atoms with van der Waals surface area (Å²) in [5.74, 6) is 0.390. The molecule has 0 saturated carbocycles. The zero-order valence-electron chi connectivity index (χ0n) is 21.6. The first-order valence-electron chi connectivity index (χ1n) is 13.1. The largest absolute Gasteiger partial charge is 0.494 e. The SMILES string of the molecule is CCCCCCCCCCOc1ccc(C(=O)Oc2ccc(N=Nc3nc4ccc(F)cc4s3)cc2)cc1. The summed E-state index contributed by atoms with van der Waals surface area (Å²) in [5, 5.41) is 8.73. The minimum Gasteiger partial charge on any atom is -0.494 e. The van der Waals surface area contributed by atoms with Gasteiger partial charge in [-0.3, -0.25) is 0 Å². The van der Waals surface area contributed by atoms with Crippen molar-refractivity contribution < 1.29 is 18.7 Å². The molecule has 4 rings (SSSR count). The summed E-state index contributed by atoms with van der Waals surface area (Å²) >= 11 is 1.26. The Morgan fingerprint density at radius 1 is 0.842 bits per heavy atom. The summed E-state index contributed by atoms with van der Waals surface area (Å²) in [6.45, 7) is 2.92. The number of aromatic nitrogens is 1. The van der Waals surface area contributed by atoms with Crippen molar-refractivity contribution >= 4 is 38.3 Å². The van der Waals surface area contributed by atoms with Crippen molar-refractivity contribution in [3.63, 3.8) is 0 Å². The first kappa shape index (κ1) is 27.4. The summed E-state index contributed by atoms with van der Waals surface area (Å²) in [7, 11) is 0. The van der Waals surface area contributed by atoms with Gasteiger partial charge in [-0.2, -0.15) is 0 Å². The molecule has 1 aromatic heterocycles. The number of benzene rings is 3. The normalized spacial score (nSPS) is 11.3. The molecule has 0 amide bonds. The second kappa shape index (κ2) is 14.3. The van der Waals surface area contributed by atoms with E-state index in [1.165, 1.54) is 68.4 Å². The Balaban J connectivity index is 1.20. The van der Waals surface area contributed by atoms with Gasteiger partial charge in [0.15, 0.2) is 0 Å². The van der Waals surface area contributed by atoms with E-state index in [1.54, 1.807) is 54.6 Å². The average Bonchev–Trinajstić information content (AvgIpc) is 3.34. The van der Waals surface area contributed by atoms with E-state index in [1.807, 2.05) is 0 Å². The predicted octanol–water partition coefficient (Wildman–Crippen LogP) is 9.59. The molecule has 4 aromatic rings. The monoisotopic (exact) mass is 533 g/mol. The van der Waals surface area contributed by atoms with Crippen LogP contribution >= 0.6 is 11.3 Å². The number of rotatable bonds is 14. The molecule has 0 saturated heterocycles. The molecule has 0 bridgehead atoms. The van der Waals surface area contributed by atoms with E-state index in [-0.39, 0.29) is 5.82 Å². The third-order valence-electron chi connectivity index (χ3n) is 5.99. The number of halogens is 1. The summed E-state index contributed by atoms with van der Waals surface area (Å²) in [6.07, 6.45) is 10.1. The molecule has 38 heavy (non-hydrogen) atoms. The molecule has 0 spiro atoms. The summed E-state index contributed by atoms with van der Waals surface area (Å²) in [5.41, 5.74) is 1.70. The van der Waals surface area contributed by atoms with Crippen LogP contribution in [0.15, 0.2) is 77.0 Å². The number of hydrogen-bond acceptors (Lipinski definition) is 7. The number of azo groups is 1. The molecular formula is C30H32FN3O3S. The van der Waals surface area contributed by atoms with Gasteiger partial charge < -0.3 is 9.47 Å². The molecule has 0 aliphatic rings. The van der Waals surface area contributed by atoms with E-state index in [0.717, 1.165) is 12.2 Å². The number of hydrogen-bond donors (Lipinski definition) is 0. The van der Waals surface area contributed by atoms with Crippen molar-refractivity contribution in [1.29, 1.82) is 0 Å². The van der Waals surface area contributed by atoms with Crippen LogP contribution < -0.4 is 9.47 Å². The van der Waals surface area contributed by atoms with E-state index in [2.05, 4.69) is 22.1 Å². The third-order valence-corrected chi connectivity index (χ3v) is 6.90. The number of carbonyl (C=O) groups excluding carboxylic acids is 1. The Bertz CT molecular complexity index is 1340. The Morgan fingerprint density at radius 2 is 1.53 bits per heavy atom. The fourth-order valence-electron chi connectivity index (χ4n) is 3.89. The molecule has 198 valence electrons. The predicted molar refractivity (Wildman–Crippen MR) is 150 cm³/mol. The standard InChI is InChI=1S/C30H32FN3O3S/c1-2-3-4-5-6-7-8-9-20-36-25-15-10-22(11-16-25)29(35)37-26-17-13-24(14-18-26)33-34-30-32-27-19-12-23(31)21-28(27)38-30/h10-19,21H,2-9,20H2,1H3. The zero-order chi connectivity index (χ0) is 26.6. The lowest BCUT2D eigenvalue weighted by Crippen LogP contribution is -2.08. The zero-order valence-corrected chi connectivity index (χ0v) is 22.4. The highest BCUT2D eigenvalue weighted by atomic mass is 32.1. The molecule has 0 radical (unpaired) electrons. The molecular weight excluding hydrogens is 501 g/mol. The molecule has 1 heterocycles. The number of carbonyl (C=O) groups is 1. The van der Waals surface area contributed by atoms with E-state index in [9.17, 15) is 9.18 Å². The van der Waals surface area contributed by atoms with Gasteiger partial charge in [-0.15, -0.1) is 10.2 Å². The lowest BCUT2D eigenvalue weighted by Gasteiger charge is -2.08. The topological polar surface area (TPSA) is 73.1 Å². The maximum atomic E-state index is 13.3.